The molecule has 1 aromatic heterocycles. The van der Waals surface area contributed by atoms with Gasteiger partial charge in [-0.2, -0.15) is 0 Å². The Morgan fingerprint density at radius 1 is 1.33 bits per heavy atom. The highest BCUT2D eigenvalue weighted by molar-refractivity contribution is 5.77. The number of carboxylic acid groups (broad SMARTS) is 1. The smallest absolute Gasteiger partial charge is 0.306 e. The van der Waals surface area contributed by atoms with Crippen molar-refractivity contribution in [3.8, 4) is 0 Å². The molecule has 3 N–H and O–H groups in total. The van der Waals surface area contributed by atoms with E-state index in [9.17, 15) is 9.59 Å². The third-order valence-corrected chi connectivity index (χ3v) is 3.35. The van der Waals surface area contributed by atoms with Gasteiger partial charge in [0.05, 0.1) is 25.3 Å². The molecule has 6 nitrogen and oxygen atoms in total. The highest BCUT2D eigenvalue weighted by Gasteiger charge is 2.11. The lowest BCUT2D eigenvalue weighted by atomic mass is 10.0. The number of nitrogens with one attached hydrogen (secondary N) is 2. The van der Waals surface area contributed by atoms with Crippen LogP contribution in [0.5, 0.6) is 0 Å². The van der Waals surface area contributed by atoms with Crippen LogP contribution in [0, 0.1) is 5.92 Å². The van der Waals surface area contributed by atoms with Gasteiger partial charge in [0.2, 0.25) is 5.91 Å². The number of rotatable bonds is 10. The molecular formula is C15H24N2O4. The fourth-order valence-electron chi connectivity index (χ4n) is 1.88. The summed E-state index contributed by atoms with van der Waals surface area (Å²) in [5.41, 5.74) is 0. The first-order valence-electron chi connectivity index (χ1n) is 7.24. The Labute approximate surface area is 124 Å². The lowest BCUT2D eigenvalue weighted by Gasteiger charge is -2.14. The summed E-state index contributed by atoms with van der Waals surface area (Å²) in [6.45, 7) is 4.34. The SMILES string of the molecule is CC(CCCC(C)C(=O)O)NCC(=O)NCc1ccco1. The van der Waals surface area contributed by atoms with Gasteiger partial charge in [-0.3, -0.25) is 9.59 Å². The topological polar surface area (TPSA) is 91.6 Å². The Bertz CT molecular complexity index is 431. The van der Waals surface area contributed by atoms with Crippen molar-refractivity contribution in [2.24, 2.45) is 5.92 Å². The number of hydrogen-bond donors (Lipinski definition) is 3. The summed E-state index contributed by atoms with van der Waals surface area (Å²) < 4.78 is 5.12. The quantitative estimate of drug-likeness (QED) is 0.612. The van der Waals surface area contributed by atoms with E-state index in [-0.39, 0.29) is 24.4 Å². The summed E-state index contributed by atoms with van der Waals surface area (Å²) in [7, 11) is 0. The van der Waals surface area contributed by atoms with Crippen LogP contribution in [0.3, 0.4) is 0 Å². The minimum atomic E-state index is -0.757. The van der Waals surface area contributed by atoms with Gasteiger partial charge in [0.1, 0.15) is 5.76 Å². The summed E-state index contributed by atoms with van der Waals surface area (Å²) in [5, 5.41) is 14.7. The van der Waals surface area contributed by atoms with Crippen molar-refractivity contribution in [3.05, 3.63) is 24.2 Å². The molecule has 1 rings (SSSR count). The maximum atomic E-state index is 11.6. The zero-order chi connectivity index (χ0) is 15.7. The van der Waals surface area contributed by atoms with Gasteiger partial charge >= 0.3 is 5.97 Å². The fraction of sp³-hybridized carbons (Fsp3) is 0.600. The molecule has 21 heavy (non-hydrogen) atoms. The zero-order valence-electron chi connectivity index (χ0n) is 12.6. The molecule has 118 valence electrons. The van der Waals surface area contributed by atoms with Crippen LogP contribution in [0.2, 0.25) is 0 Å². The molecule has 0 radical (unpaired) electrons. The predicted molar refractivity (Wildman–Crippen MR) is 78.7 cm³/mol. The molecule has 0 saturated carbocycles. The standard InChI is InChI=1S/C15H24N2O4/c1-11(15(19)20)5-3-6-12(2)16-10-14(18)17-9-13-7-4-8-21-13/h4,7-8,11-12,16H,3,5-6,9-10H2,1-2H3,(H,17,18)(H,19,20). The van der Waals surface area contributed by atoms with Gasteiger partial charge in [0.25, 0.3) is 0 Å². The molecule has 2 atom stereocenters. The molecule has 0 fully saturated rings. The lowest BCUT2D eigenvalue weighted by molar-refractivity contribution is -0.141. The van der Waals surface area contributed by atoms with Gasteiger partial charge in [-0.15, -0.1) is 0 Å². The summed E-state index contributed by atoms with van der Waals surface area (Å²) in [5.74, 6) is -0.432. The van der Waals surface area contributed by atoms with E-state index in [4.69, 9.17) is 9.52 Å². The van der Waals surface area contributed by atoms with Crippen molar-refractivity contribution >= 4 is 11.9 Å². The van der Waals surface area contributed by atoms with Crippen molar-refractivity contribution in [2.45, 2.75) is 45.7 Å². The Hall–Kier alpha value is -1.82. The van der Waals surface area contributed by atoms with Crippen molar-refractivity contribution < 1.29 is 19.1 Å². The number of carbonyl (C=O) groups excluding carboxylic acids is 1. The van der Waals surface area contributed by atoms with E-state index in [0.29, 0.717) is 13.0 Å². The van der Waals surface area contributed by atoms with Crippen molar-refractivity contribution in [3.63, 3.8) is 0 Å². The van der Waals surface area contributed by atoms with Crippen molar-refractivity contribution in [1.29, 1.82) is 0 Å². The van der Waals surface area contributed by atoms with Crippen molar-refractivity contribution in [1.82, 2.24) is 10.6 Å². The number of amides is 1. The van der Waals surface area contributed by atoms with E-state index in [0.717, 1.165) is 18.6 Å². The van der Waals surface area contributed by atoms with Crippen LogP contribution in [0.15, 0.2) is 22.8 Å². The predicted octanol–water partition coefficient (Wildman–Crippen LogP) is 1.76. The molecule has 0 aliphatic carbocycles. The zero-order valence-corrected chi connectivity index (χ0v) is 12.6. The number of furan rings is 1. The van der Waals surface area contributed by atoms with Crippen LogP contribution in [-0.2, 0) is 16.1 Å². The van der Waals surface area contributed by atoms with Gasteiger partial charge in [-0.05, 0) is 31.9 Å². The molecule has 1 amide bonds. The van der Waals surface area contributed by atoms with Gasteiger partial charge in [0, 0.05) is 6.04 Å². The van der Waals surface area contributed by atoms with E-state index in [1.807, 2.05) is 6.92 Å². The van der Waals surface area contributed by atoms with Gasteiger partial charge in [-0.25, -0.2) is 0 Å². The molecule has 0 spiro atoms. The summed E-state index contributed by atoms with van der Waals surface area (Å²) in [6.07, 6.45) is 3.91. The van der Waals surface area contributed by atoms with Gasteiger partial charge < -0.3 is 20.2 Å². The molecule has 0 aliphatic heterocycles. The first kappa shape index (κ1) is 17.2. The summed E-state index contributed by atoms with van der Waals surface area (Å²) >= 11 is 0. The second-order valence-electron chi connectivity index (χ2n) is 5.31. The molecule has 0 bridgehead atoms. The number of carbonyl (C=O) groups is 2. The van der Waals surface area contributed by atoms with Crippen LogP contribution in [-0.4, -0.2) is 29.6 Å². The molecule has 0 saturated heterocycles. The van der Waals surface area contributed by atoms with Crippen LogP contribution < -0.4 is 10.6 Å². The molecular weight excluding hydrogens is 272 g/mol. The minimum Gasteiger partial charge on any atom is -0.481 e. The Morgan fingerprint density at radius 3 is 2.71 bits per heavy atom. The molecule has 2 unspecified atom stereocenters. The minimum absolute atomic E-state index is 0.0860. The Balaban J connectivity index is 2.07. The first-order valence-corrected chi connectivity index (χ1v) is 7.24. The Morgan fingerprint density at radius 2 is 2.10 bits per heavy atom. The summed E-state index contributed by atoms with van der Waals surface area (Å²) in [4.78, 5) is 22.3. The number of carboxylic acids is 1. The van der Waals surface area contributed by atoms with Crippen molar-refractivity contribution in [2.75, 3.05) is 6.54 Å². The maximum Gasteiger partial charge on any atom is 0.306 e. The normalized spacial score (nSPS) is 13.6. The van der Waals surface area contributed by atoms with Crippen LogP contribution in [0.25, 0.3) is 0 Å². The average Bonchev–Trinajstić information content (AvgIpc) is 2.95. The molecule has 6 heteroatoms. The van der Waals surface area contributed by atoms with Crippen LogP contribution in [0.4, 0.5) is 0 Å². The van der Waals surface area contributed by atoms with Crippen LogP contribution in [0.1, 0.15) is 38.9 Å². The van der Waals surface area contributed by atoms with Gasteiger partial charge in [0.15, 0.2) is 0 Å². The molecule has 1 aromatic rings. The first-order chi connectivity index (χ1) is 9.99. The monoisotopic (exact) mass is 296 g/mol. The Kier molecular flexibility index (Phi) is 7.53. The fourth-order valence-corrected chi connectivity index (χ4v) is 1.88. The molecule has 1 heterocycles. The maximum absolute atomic E-state index is 11.6. The number of aliphatic carboxylic acids is 1. The molecule has 0 aromatic carbocycles. The van der Waals surface area contributed by atoms with Crippen LogP contribution >= 0.6 is 0 Å². The summed E-state index contributed by atoms with van der Waals surface area (Å²) in [6, 6.07) is 3.76. The lowest BCUT2D eigenvalue weighted by Crippen LogP contribution is -2.37. The average molecular weight is 296 g/mol. The van der Waals surface area contributed by atoms with E-state index >= 15 is 0 Å². The van der Waals surface area contributed by atoms with E-state index in [1.165, 1.54) is 0 Å². The number of hydrogen-bond acceptors (Lipinski definition) is 4. The highest BCUT2D eigenvalue weighted by Crippen LogP contribution is 2.09. The molecule has 0 aliphatic rings. The van der Waals surface area contributed by atoms with Gasteiger partial charge in [-0.1, -0.05) is 13.3 Å². The van der Waals surface area contributed by atoms with E-state index in [2.05, 4.69) is 10.6 Å². The van der Waals surface area contributed by atoms with E-state index < -0.39 is 5.97 Å². The second-order valence-corrected chi connectivity index (χ2v) is 5.31. The largest absolute Gasteiger partial charge is 0.481 e. The third kappa shape index (κ3) is 7.51. The van der Waals surface area contributed by atoms with E-state index in [1.54, 1.807) is 25.3 Å². The second kappa shape index (κ2) is 9.18. The third-order valence-electron chi connectivity index (χ3n) is 3.35. The highest BCUT2D eigenvalue weighted by atomic mass is 16.4.